The Hall–Kier alpha value is -1.75. The predicted octanol–water partition coefficient (Wildman–Crippen LogP) is 1.34. The normalized spacial score (nSPS) is 20.0. The van der Waals surface area contributed by atoms with Gasteiger partial charge in [0, 0.05) is 19.3 Å². The van der Waals surface area contributed by atoms with E-state index in [9.17, 15) is 9.59 Å². The van der Waals surface area contributed by atoms with Gasteiger partial charge in [0.25, 0.3) is 5.78 Å². The number of amides is 1. The third kappa shape index (κ3) is 3.61. The Bertz CT molecular complexity index is 470. The van der Waals surface area contributed by atoms with Crippen molar-refractivity contribution in [3.63, 3.8) is 0 Å². The van der Waals surface area contributed by atoms with E-state index in [2.05, 4.69) is 17.3 Å². The Labute approximate surface area is 113 Å². The number of hydrogen-bond donors (Lipinski definition) is 1. The van der Waals surface area contributed by atoms with E-state index in [0.717, 1.165) is 25.1 Å². The highest BCUT2D eigenvalue weighted by molar-refractivity contribution is 6.42. The number of carbonyl (C=O) groups excluding carboxylic acids is 2. The number of piperidine rings is 1. The van der Waals surface area contributed by atoms with Gasteiger partial charge < -0.3 is 0 Å². The van der Waals surface area contributed by atoms with Crippen molar-refractivity contribution in [1.82, 2.24) is 15.4 Å². The molecule has 0 bridgehead atoms. The molecule has 1 atom stereocenters. The van der Waals surface area contributed by atoms with Crippen LogP contribution in [-0.4, -0.2) is 34.8 Å². The zero-order valence-electron chi connectivity index (χ0n) is 11.3. The summed E-state index contributed by atoms with van der Waals surface area (Å²) in [6.07, 6.45) is 3.79. The number of rotatable bonds is 3. The SMILES string of the molecule is Cc1ccc(C(=O)C(=O)NN2CCC[C@@H](C)C2)nc1. The van der Waals surface area contributed by atoms with E-state index in [1.807, 2.05) is 11.9 Å². The molecule has 1 fully saturated rings. The van der Waals surface area contributed by atoms with Gasteiger partial charge in [0.05, 0.1) is 0 Å². The van der Waals surface area contributed by atoms with Crippen LogP contribution in [0.15, 0.2) is 18.3 Å². The fraction of sp³-hybridized carbons (Fsp3) is 0.500. The molecule has 0 aliphatic carbocycles. The summed E-state index contributed by atoms with van der Waals surface area (Å²) in [5.41, 5.74) is 3.82. The minimum Gasteiger partial charge on any atom is -0.282 e. The van der Waals surface area contributed by atoms with E-state index in [0.29, 0.717) is 5.92 Å². The molecule has 1 aromatic heterocycles. The third-order valence-electron chi connectivity index (χ3n) is 3.27. The summed E-state index contributed by atoms with van der Waals surface area (Å²) < 4.78 is 0. The van der Waals surface area contributed by atoms with Gasteiger partial charge in [0.1, 0.15) is 5.69 Å². The fourth-order valence-electron chi connectivity index (χ4n) is 2.20. The van der Waals surface area contributed by atoms with Crippen molar-refractivity contribution < 1.29 is 9.59 Å². The monoisotopic (exact) mass is 261 g/mol. The summed E-state index contributed by atoms with van der Waals surface area (Å²) in [4.78, 5) is 27.7. The first-order valence-corrected chi connectivity index (χ1v) is 6.59. The molecule has 0 radical (unpaired) electrons. The molecule has 0 saturated carbocycles. The lowest BCUT2D eigenvalue weighted by molar-refractivity contribution is -0.122. The molecule has 1 saturated heterocycles. The number of aryl methyl sites for hydroxylation is 1. The Morgan fingerprint density at radius 2 is 2.21 bits per heavy atom. The molecule has 1 aromatic rings. The molecule has 1 N–H and O–H groups in total. The highest BCUT2D eigenvalue weighted by Gasteiger charge is 2.22. The van der Waals surface area contributed by atoms with Crippen LogP contribution in [0.2, 0.25) is 0 Å². The van der Waals surface area contributed by atoms with Gasteiger partial charge in [0.2, 0.25) is 0 Å². The lowest BCUT2D eigenvalue weighted by atomic mass is 10.0. The van der Waals surface area contributed by atoms with Crippen LogP contribution in [0.25, 0.3) is 0 Å². The molecule has 19 heavy (non-hydrogen) atoms. The Morgan fingerprint density at radius 3 is 2.84 bits per heavy atom. The van der Waals surface area contributed by atoms with E-state index >= 15 is 0 Å². The molecule has 2 heterocycles. The number of nitrogens with zero attached hydrogens (tertiary/aromatic N) is 2. The van der Waals surface area contributed by atoms with Crippen LogP contribution in [-0.2, 0) is 4.79 Å². The molecule has 0 aromatic carbocycles. The maximum atomic E-state index is 11.9. The number of hydrazine groups is 1. The van der Waals surface area contributed by atoms with Crippen molar-refractivity contribution in [2.75, 3.05) is 13.1 Å². The van der Waals surface area contributed by atoms with Gasteiger partial charge in [-0.15, -0.1) is 0 Å². The van der Waals surface area contributed by atoms with E-state index in [4.69, 9.17) is 0 Å². The second kappa shape index (κ2) is 5.93. The van der Waals surface area contributed by atoms with Crippen molar-refractivity contribution in [3.8, 4) is 0 Å². The Balaban J connectivity index is 1.95. The molecule has 5 nitrogen and oxygen atoms in total. The van der Waals surface area contributed by atoms with Crippen molar-refractivity contribution in [2.24, 2.45) is 5.92 Å². The summed E-state index contributed by atoms with van der Waals surface area (Å²) in [5.74, 6) is -0.648. The molecule has 1 aliphatic heterocycles. The lowest BCUT2D eigenvalue weighted by Crippen LogP contribution is -2.49. The molecular formula is C14H19N3O2. The van der Waals surface area contributed by atoms with Gasteiger partial charge in [-0.3, -0.25) is 20.0 Å². The fourth-order valence-corrected chi connectivity index (χ4v) is 2.20. The maximum Gasteiger partial charge on any atom is 0.308 e. The van der Waals surface area contributed by atoms with Gasteiger partial charge in [-0.2, -0.15) is 0 Å². The highest BCUT2D eigenvalue weighted by Crippen LogP contribution is 2.13. The van der Waals surface area contributed by atoms with Gasteiger partial charge >= 0.3 is 5.91 Å². The van der Waals surface area contributed by atoms with Crippen LogP contribution in [0.1, 0.15) is 35.8 Å². The minimum atomic E-state index is -0.606. The van der Waals surface area contributed by atoms with Crippen molar-refractivity contribution in [3.05, 3.63) is 29.6 Å². The number of pyridine rings is 1. The lowest BCUT2D eigenvalue weighted by Gasteiger charge is -2.30. The van der Waals surface area contributed by atoms with Crippen LogP contribution < -0.4 is 5.43 Å². The van der Waals surface area contributed by atoms with Crippen LogP contribution in [0.5, 0.6) is 0 Å². The van der Waals surface area contributed by atoms with Crippen molar-refractivity contribution >= 4 is 11.7 Å². The number of ketones is 1. The highest BCUT2D eigenvalue weighted by atomic mass is 16.2. The molecule has 102 valence electrons. The summed E-state index contributed by atoms with van der Waals surface area (Å²) >= 11 is 0. The zero-order valence-corrected chi connectivity index (χ0v) is 11.3. The zero-order chi connectivity index (χ0) is 13.8. The Kier molecular flexibility index (Phi) is 4.27. The number of nitrogens with one attached hydrogen (secondary N) is 1. The summed E-state index contributed by atoms with van der Waals surface area (Å²) in [6, 6.07) is 3.35. The van der Waals surface area contributed by atoms with E-state index in [-0.39, 0.29) is 5.69 Å². The predicted molar refractivity (Wildman–Crippen MR) is 71.4 cm³/mol. The maximum absolute atomic E-state index is 11.9. The number of hydrogen-bond acceptors (Lipinski definition) is 4. The van der Waals surface area contributed by atoms with Gasteiger partial charge in [-0.25, -0.2) is 5.01 Å². The van der Waals surface area contributed by atoms with Crippen LogP contribution in [0.4, 0.5) is 0 Å². The van der Waals surface area contributed by atoms with Crippen LogP contribution >= 0.6 is 0 Å². The number of carbonyl (C=O) groups is 2. The standard InChI is InChI=1S/C14H19N3O2/c1-10-5-6-12(15-8-10)13(18)14(19)16-17-7-3-4-11(2)9-17/h5-6,8,11H,3-4,7,9H2,1-2H3,(H,16,19)/t11-/m1/s1. The summed E-state index contributed by atoms with van der Waals surface area (Å²) in [7, 11) is 0. The van der Waals surface area contributed by atoms with Crippen LogP contribution in [0, 0.1) is 12.8 Å². The second-order valence-electron chi connectivity index (χ2n) is 5.18. The van der Waals surface area contributed by atoms with Gasteiger partial charge in [0.15, 0.2) is 0 Å². The topological polar surface area (TPSA) is 62.3 Å². The molecule has 5 heteroatoms. The first-order chi connectivity index (χ1) is 9.06. The van der Waals surface area contributed by atoms with E-state index in [1.54, 1.807) is 18.3 Å². The first-order valence-electron chi connectivity index (χ1n) is 6.59. The van der Waals surface area contributed by atoms with Crippen molar-refractivity contribution in [1.29, 1.82) is 0 Å². The van der Waals surface area contributed by atoms with E-state index in [1.165, 1.54) is 6.42 Å². The average molecular weight is 261 g/mol. The van der Waals surface area contributed by atoms with Gasteiger partial charge in [-0.1, -0.05) is 13.0 Å². The molecular weight excluding hydrogens is 242 g/mol. The summed E-state index contributed by atoms with van der Waals surface area (Å²) in [5, 5.41) is 1.82. The van der Waals surface area contributed by atoms with Crippen molar-refractivity contribution in [2.45, 2.75) is 26.7 Å². The molecule has 0 unspecified atom stereocenters. The molecule has 1 amide bonds. The smallest absolute Gasteiger partial charge is 0.282 e. The molecule has 2 rings (SSSR count). The van der Waals surface area contributed by atoms with Gasteiger partial charge in [-0.05, 0) is 37.3 Å². The first kappa shape index (κ1) is 13.7. The molecule has 1 aliphatic rings. The quantitative estimate of drug-likeness (QED) is 0.659. The Morgan fingerprint density at radius 1 is 1.42 bits per heavy atom. The summed E-state index contributed by atoms with van der Waals surface area (Å²) in [6.45, 7) is 5.61. The minimum absolute atomic E-state index is 0.188. The number of aromatic nitrogens is 1. The average Bonchev–Trinajstić information content (AvgIpc) is 2.39. The largest absolute Gasteiger partial charge is 0.308 e. The van der Waals surface area contributed by atoms with E-state index < -0.39 is 11.7 Å². The van der Waals surface area contributed by atoms with Crippen LogP contribution in [0.3, 0.4) is 0 Å². The molecule has 0 spiro atoms. The second-order valence-corrected chi connectivity index (χ2v) is 5.18. The third-order valence-corrected chi connectivity index (χ3v) is 3.27. The number of Topliss-reactive ketones (excluding diaryl/α,β-unsaturated/α-hetero) is 1.